The Morgan fingerprint density at radius 1 is 0.613 bits per heavy atom. The molecule has 4 aromatic rings. The molecule has 2 aliphatic rings. The van der Waals surface area contributed by atoms with E-state index in [-0.39, 0.29) is 24.1 Å². The lowest BCUT2D eigenvalue weighted by Crippen LogP contribution is -2.53. The highest BCUT2D eigenvalue weighted by Crippen LogP contribution is 2.24. The van der Waals surface area contributed by atoms with Crippen molar-refractivity contribution in [1.29, 1.82) is 0 Å². The van der Waals surface area contributed by atoms with E-state index in [9.17, 15) is 19.2 Å². The molecule has 340 valence electrons. The van der Waals surface area contributed by atoms with Crippen LogP contribution in [0.2, 0.25) is 0 Å². The first-order valence-electron chi connectivity index (χ1n) is 20.9. The van der Waals surface area contributed by atoms with Gasteiger partial charge in [-0.1, -0.05) is 24.3 Å². The monoisotopic (exact) mass is 898 g/mol. The van der Waals surface area contributed by atoms with Gasteiger partial charge in [-0.05, 0) is 124 Å². The predicted octanol–water partition coefficient (Wildman–Crippen LogP) is 7.82. The molecule has 2 fully saturated rings. The number of esters is 2. The number of benzene rings is 2. The molecule has 0 spiro atoms. The predicted molar refractivity (Wildman–Crippen MR) is 240 cm³/mol. The molecule has 2 saturated heterocycles. The molecule has 2 aromatic heterocycles. The third-order valence-electron chi connectivity index (χ3n) is 9.78. The van der Waals surface area contributed by atoms with Gasteiger partial charge in [-0.25, -0.2) is 9.59 Å². The second kappa shape index (κ2) is 25.1. The zero-order valence-electron chi connectivity index (χ0n) is 36.7. The number of rotatable bonds is 18. The van der Waals surface area contributed by atoms with Crippen molar-refractivity contribution in [2.75, 3.05) is 65.7 Å². The maximum Gasteiger partial charge on any atom is 0.365 e. The lowest BCUT2D eigenvalue weighted by molar-refractivity contribution is -0.230. The molecule has 62 heavy (non-hydrogen) atoms. The van der Waals surface area contributed by atoms with Crippen LogP contribution in [0.4, 0.5) is 0 Å². The van der Waals surface area contributed by atoms with Gasteiger partial charge in [-0.3, -0.25) is 29.2 Å². The number of ether oxygens (including phenoxy) is 4. The Hall–Kier alpha value is -4.26. The molecular weight excluding hydrogens is 837 g/mol. The fraction of sp³-hybridized carbons (Fsp3) is 0.522. The Labute approximate surface area is 372 Å². The second-order valence-electron chi connectivity index (χ2n) is 17.2. The van der Waals surface area contributed by atoms with Gasteiger partial charge < -0.3 is 18.9 Å². The van der Waals surface area contributed by atoms with Gasteiger partial charge in [0, 0.05) is 74.0 Å². The van der Waals surface area contributed by atoms with Crippen molar-refractivity contribution >= 4 is 66.7 Å². The number of hydrogen-bond acceptors (Lipinski definition) is 16. The Morgan fingerprint density at radius 3 is 1.35 bits per heavy atom. The minimum absolute atomic E-state index is 0.0645. The summed E-state index contributed by atoms with van der Waals surface area (Å²) < 4.78 is 25.2. The molecule has 0 amide bonds. The van der Waals surface area contributed by atoms with Gasteiger partial charge in [-0.2, -0.15) is 10.5 Å². The number of nitrogens with zero attached hydrogens (tertiary/aromatic N) is 2. The SMILES string of the molecule is CC(C)(C)C(=O)OC1CN(CCCOCCc2ccc3sccc3c2)C1.CC(C)(C)C(=O)OC1CN(CCCOCCc2ccc3sccc3c2)C1.O=C(/C=C\C(=O)OO)OO. The van der Waals surface area contributed by atoms with E-state index in [0.717, 1.165) is 91.4 Å². The maximum absolute atomic E-state index is 11.8. The molecule has 2 aliphatic heterocycles. The molecule has 0 aliphatic carbocycles. The van der Waals surface area contributed by atoms with Gasteiger partial charge in [0.2, 0.25) is 0 Å². The summed E-state index contributed by atoms with van der Waals surface area (Å²) in [4.78, 5) is 54.5. The maximum atomic E-state index is 11.8. The van der Waals surface area contributed by atoms with Crippen molar-refractivity contribution < 1.29 is 58.4 Å². The third kappa shape index (κ3) is 17.8. The molecule has 0 radical (unpaired) electrons. The lowest BCUT2D eigenvalue weighted by Gasteiger charge is -2.39. The van der Waals surface area contributed by atoms with Crippen LogP contribution in [0.15, 0.2) is 71.4 Å². The van der Waals surface area contributed by atoms with Crippen LogP contribution in [0, 0.1) is 10.8 Å². The van der Waals surface area contributed by atoms with Crippen LogP contribution in [0.1, 0.15) is 65.5 Å². The summed E-state index contributed by atoms with van der Waals surface area (Å²) in [6.07, 6.45) is 5.24. The van der Waals surface area contributed by atoms with Crippen LogP contribution in [0.25, 0.3) is 20.2 Å². The fourth-order valence-electron chi connectivity index (χ4n) is 6.12. The standard InChI is InChI=1S/2C21H29NO3S.C4H4O6/c2*1-21(2,3)20(23)25-18-14-22(15-18)9-4-10-24-11-7-16-5-6-19-17(13-16)8-12-26-19;5-3(9-7)1-2-4(6)10-8/h2*5-6,8,12-13,18H,4,7,9-11,14-15H2,1-3H3;1-2,7-8H/b;;2-1-. The molecular formula is C46H62N2O12S2. The zero-order chi connectivity index (χ0) is 45.1. The number of thiophene rings is 2. The number of fused-ring (bicyclic) bond motifs is 2. The summed E-state index contributed by atoms with van der Waals surface area (Å²) in [5.41, 5.74) is 1.84. The van der Waals surface area contributed by atoms with E-state index in [1.165, 1.54) is 31.3 Å². The largest absolute Gasteiger partial charge is 0.459 e. The topological polar surface area (TPSA) is 171 Å². The summed E-state index contributed by atoms with van der Waals surface area (Å²) in [6.45, 7) is 19.8. The molecule has 0 unspecified atom stereocenters. The Morgan fingerprint density at radius 2 is 1.00 bits per heavy atom. The number of carbonyl (C=O) groups excluding carboxylic acids is 4. The Balaban J connectivity index is 0.000000225. The first kappa shape index (κ1) is 50.4. The van der Waals surface area contributed by atoms with E-state index < -0.39 is 22.8 Å². The Bertz CT molecular complexity index is 1890. The quantitative estimate of drug-likeness (QED) is 0.0247. The molecule has 6 rings (SSSR count). The zero-order valence-corrected chi connectivity index (χ0v) is 38.3. The van der Waals surface area contributed by atoms with Gasteiger partial charge in [-0.15, -0.1) is 22.7 Å². The fourth-order valence-corrected chi connectivity index (χ4v) is 7.66. The lowest BCUT2D eigenvalue weighted by atomic mass is 9.97. The van der Waals surface area contributed by atoms with Crippen molar-refractivity contribution in [3.05, 3.63) is 82.6 Å². The summed E-state index contributed by atoms with van der Waals surface area (Å²) in [7, 11) is 0. The van der Waals surface area contributed by atoms with Gasteiger partial charge in [0.1, 0.15) is 12.2 Å². The van der Waals surface area contributed by atoms with Crippen LogP contribution < -0.4 is 0 Å². The van der Waals surface area contributed by atoms with Crippen LogP contribution in [-0.4, -0.2) is 122 Å². The third-order valence-corrected chi connectivity index (χ3v) is 11.6. The number of carbonyl (C=O) groups is 4. The summed E-state index contributed by atoms with van der Waals surface area (Å²) in [5, 5.41) is 22.1. The summed E-state index contributed by atoms with van der Waals surface area (Å²) in [6, 6.07) is 17.6. The summed E-state index contributed by atoms with van der Waals surface area (Å²) in [5.74, 6) is -2.48. The van der Waals surface area contributed by atoms with Crippen molar-refractivity contribution in [2.45, 2.75) is 79.4 Å². The molecule has 4 heterocycles. The number of hydrogen-bond donors (Lipinski definition) is 2. The van der Waals surface area contributed by atoms with Crippen LogP contribution in [0.5, 0.6) is 0 Å². The van der Waals surface area contributed by atoms with Crippen LogP contribution in [0.3, 0.4) is 0 Å². The second-order valence-corrected chi connectivity index (χ2v) is 19.1. The van der Waals surface area contributed by atoms with E-state index in [1.54, 1.807) is 22.7 Å². The highest BCUT2D eigenvalue weighted by atomic mass is 32.1. The van der Waals surface area contributed by atoms with Crippen molar-refractivity contribution in [2.24, 2.45) is 10.8 Å². The number of likely N-dealkylation sites (tertiary alicyclic amines) is 2. The van der Waals surface area contributed by atoms with E-state index in [2.05, 4.69) is 78.9 Å². The van der Waals surface area contributed by atoms with Gasteiger partial charge in [0.05, 0.1) is 24.0 Å². The van der Waals surface area contributed by atoms with E-state index >= 15 is 0 Å². The summed E-state index contributed by atoms with van der Waals surface area (Å²) >= 11 is 3.56. The van der Waals surface area contributed by atoms with Gasteiger partial charge in [0.15, 0.2) is 0 Å². The molecule has 2 N–H and O–H groups in total. The van der Waals surface area contributed by atoms with Gasteiger partial charge >= 0.3 is 23.9 Å². The van der Waals surface area contributed by atoms with Crippen molar-refractivity contribution in [3.8, 4) is 0 Å². The van der Waals surface area contributed by atoms with E-state index in [0.29, 0.717) is 12.2 Å². The van der Waals surface area contributed by atoms with Crippen LogP contribution >= 0.6 is 22.7 Å². The first-order chi connectivity index (χ1) is 29.5. The van der Waals surface area contributed by atoms with E-state index in [4.69, 9.17) is 29.5 Å². The molecule has 0 saturated carbocycles. The highest BCUT2D eigenvalue weighted by molar-refractivity contribution is 7.17. The molecule has 16 heteroatoms. The molecule has 2 aromatic carbocycles. The smallest absolute Gasteiger partial charge is 0.365 e. The molecule has 14 nitrogen and oxygen atoms in total. The minimum atomic E-state index is -1.13. The average Bonchev–Trinajstić information content (AvgIpc) is 3.89. The van der Waals surface area contributed by atoms with Crippen LogP contribution in [-0.2, 0) is 60.7 Å². The normalized spacial score (nSPS) is 14.9. The van der Waals surface area contributed by atoms with Crippen molar-refractivity contribution in [1.82, 2.24) is 9.80 Å². The minimum Gasteiger partial charge on any atom is -0.459 e. The molecule has 0 bridgehead atoms. The first-order valence-corrected chi connectivity index (χ1v) is 22.6. The average molecular weight is 899 g/mol. The highest BCUT2D eigenvalue weighted by Gasteiger charge is 2.34. The Kier molecular flexibility index (Phi) is 20.4. The van der Waals surface area contributed by atoms with Crippen molar-refractivity contribution in [3.63, 3.8) is 0 Å². The van der Waals surface area contributed by atoms with E-state index in [1.807, 2.05) is 41.5 Å². The molecule has 0 atom stereocenters. The van der Waals surface area contributed by atoms with Gasteiger partial charge in [0.25, 0.3) is 0 Å².